The van der Waals surface area contributed by atoms with Gasteiger partial charge >= 0.3 is 0 Å². The molecule has 0 aliphatic rings. The van der Waals surface area contributed by atoms with Crippen LogP contribution in [0.25, 0.3) is 11.1 Å². The molecule has 4 rings (SSSR count). The van der Waals surface area contributed by atoms with Crippen LogP contribution in [0.2, 0.25) is 5.02 Å². The van der Waals surface area contributed by atoms with Gasteiger partial charge in [-0.1, -0.05) is 78.3 Å². The number of halogens is 1. The molecule has 1 aromatic heterocycles. The summed E-state index contributed by atoms with van der Waals surface area (Å²) in [4.78, 5) is 4.24. The van der Waals surface area contributed by atoms with Gasteiger partial charge in [0.1, 0.15) is 0 Å². The quantitative estimate of drug-likeness (QED) is 0.392. The highest BCUT2D eigenvalue weighted by molar-refractivity contribution is 6.30. The molecule has 0 amide bonds. The van der Waals surface area contributed by atoms with Gasteiger partial charge in [-0.05, 0) is 47.2 Å². The van der Waals surface area contributed by atoms with E-state index in [0.717, 1.165) is 17.9 Å². The molecule has 0 N–H and O–H groups in total. The van der Waals surface area contributed by atoms with Crippen LogP contribution in [-0.2, 0) is 12.8 Å². The number of benzene rings is 3. The van der Waals surface area contributed by atoms with Crippen LogP contribution in [0.1, 0.15) is 17.2 Å². The fraction of sp³-hybridized carbons (Fsp3) is 0.125. The summed E-state index contributed by atoms with van der Waals surface area (Å²) in [5.74, 6) is 0. The van der Waals surface area contributed by atoms with Gasteiger partial charge in [0.15, 0.2) is 0 Å². The molecule has 3 aromatic carbocycles. The minimum atomic E-state index is 0.316. The maximum atomic E-state index is 6.03. The van der Waals surface area contributed by atoms with Gasteiger partial charge in [0, 0.05) is 23.5 Å². The summed E-state index contributed by atoms with van der Waals surface area (Å²) in [6.07, 6.45) is 7.67. The fourth-order valence-corrected chi connectivity index (χ4v) is 3.52. The first kappa shape index (κ1) is 17.6. The third-order valence-corrected chi connectivity index (χ3v) is 5.12. The summed E-state index contributed by atoms with van der Waals surface area (Å²) in [5.41, 5.74) is 5.09. The average molecular weight is 373 g/mol. The van der Waals surface area contributed by atoms with E-state index >= 15 is 0 Å². The van der Waals surface area contributed by atoms with Crippen LogP contribution in [0, 0.1) is 0 Å². The Morgan fingerprint density at radius 1 is 0.741 bits per heavy atom. The molecule has 0 aliphatic heterocycles. The summed E-state index contributed by atoms with van der Waals surface area (Å²) in [6.45, 7) is 0. The summed E-state index contributed by atoms with van der Waals surface area (Å²) < 4.78 is 2.19. The van der Waals surface area contributed by atoms with Crippen molar-refractivity contribution in [2.24, 2.45) is 0 Å². The lowest BCUT2D eigenvalue weighted by Crippen LogP contribution is -2.13. The van der Waals surface area contributed by atoms with Crippen molar-refractivity contribution in [2.45, 2.75) is 18.9 Å². The second-order valence-electron chi connectivity index (χ2n) is 6.76. The van der Waals surface area contributed by atoms with Crippen LogP contribution in [0.5, 0.6) is 0 Å². The van der Waals surface area contributed by atoms with Crippen molar-refractivity contribution < 1.29 is 0 Å². The lowest BCUT2D eigenvalue weighted by Gasteiger charge is -2.19. The van der Waals surface area contributed by atoms with Crippen LogP contribution in [-0.4, -0.2) is 9.55 Å². The zero-order chi connectivity index (χ0) is 18.5. The minimum Gasteiger partial charge on any atom is -0.334 e. The summed E-state index contributed by atoms with van der Waals surface area (Å²) in [5, 5.41) is 0.773. The van der Waals surface area contributed by atoms with Crippen molar-refractivity contribution in [2.75, 3.05) is 0 Å². The van der Waals surface area contributed by atoms with Crippen molar-refractivity contribution in [3.63, 3.8) is 0 Å². The van der Waals surface area contributed by atoms with Gasteiger partial charge in [0.05, 0.1) is 6.33 Å². The van der Waals surface area contributed by atoms with Gasteiger partial charge in [-0.2, -0.15) is 0 Å². The van der Waals surface area contributed by atoms with Gasteiger partial charge in [0.2, 0.25) is 0 Å². The van der Waals surface area contributed by atoms with Crippen molar-refractivity contribution in [1.82, 2.24) is 9.55 Å². The van der Waals surface area contributed by atoms with Gasteiger partial charge in [0.25, 0.3) is 0 Å². The predicted octanol–water partition coefficient (Wildman–Crippen LogP) is 6.23. The van der Waals surface area contributed by atoms with Gasteiger partial charge in [-0.15, -0.1) is 0 Å². The van der Waals surface area contributed by atoms with E-state index in [9.17, 15) is 0 Å². The van der Waals surface area contributed by atoms with Crippen molar-refractivity contribution in [3.05, 3.63) is 114 Å². The number of rotatable bonds is 6. The minimum absolute atomic E-state index is 0.316. The second kappa shape index (κ2) is 8.24. The summed E-state index contributed by atoms with van der Waals surface area (Å²) in [7, 11) is 0. The lowest BCUT2D eigenvalue weighted by molar-refractivity contribution is 0.495. The van der Waals surface area contributed by atoms with Gasteiger partial charge in [-0.25, -0.2) is 4.98 Å². The average Bonchev–Trinajstić information content (AvgIpc) is 3.25. The van der Waals surface area contributed by atoms with Gasteiger partial charge < -0.3 is 4.57 Å². The number of hydrogen-bond donors (Lipinski definition) is 0. The monoisotopic (exact) mass is 372 g/mol. The van der Waals surface area contributed by atoms with Crippen molar-refractivity contribution in [1.29, 1.82) is 0 Å². The van der Waals surface area contributed by atoms with E-state index in [1.807, 2.05) is 36.9 Å². The first-order chi connectivity index (χ1) is 13.3. The van der Waals surface area contributed by atoms with E-state index in [1.54, 1.807) is 0 Å². The number of nitrogens with zero attached hydrogens (tertiary/aromatic N) is 2. The molecule has 3 heteroatoms. The highest BCUT2D eigenvalue weighted by Crippen LogP contribution is 2.24. The number of hydrogen-bond acceptors (Lipinski definition) is 1. The molecular formula is C24H21ClN2. The second-order valence-corrected chi connectivity index (χ2v) is 7.20. The summed E-state index contributed by atoms with van der Waals surface area (Å²) >= 11 is 6.03. The molecule has 1 atom stereocenters. The van der Waals surface area contributed by atoms with Crippen LogP contribution in [0.3, 0.4) is 0 Å². The Hall–Kier alpha value is -2.84. The molecule has 0 fully saturated rings. The Bertz CT molecular complexity index is 959. The third kappa shape index (κ3) is 4.47. The molecule has 4 aromatic rings. The molecule has 2 nitrogen and oxygen atoms in total. The Balaban J connectivity index is 1.54. The predicted molar refractivity (Wildman–Crippen MR) is 112 cm³/mol. The maximum absolute atomic E-state index is 6.03. The zero-order valence-electron chi connectivity index (χ0n) is 15.0. The van der Waals surface area contributed by atoms with Gasteiger partial charge in [-0.3, -0.25) is 0 Å². The molecule has 27 heavy (non-hydrogen) atoms. The molecule has 0 aliphatic carbocycles. The van der Waals surface area contributed by atoms with Crippen LogP contribution >= 0.6 is 11.6 Å². The molecular weight excluding hydrogens is 352 g/mol. The van der Waals surface area contributed by atoms with E-state index in [0.29, 0.717) is 6.04 Å². The van der Waals surface area contributed by atoms with E-state index in [-0.39, 0.29) is 0 Å². The van der Waals surface area contributed by atoms with E-state index in [2.05, 4.69) is 70.2 Å². The molecule has 1 heterocycles. The van der Waals surface area contributed by atoms with E-state index in [1.165, 1.54) is 22.3 Å². The van der Waals surface area contributed by atoms with Crippen LogP contribution < -0.4 is 0 Å². The molecule has 0 radical (unpaired) electrons. The molecule has 0 saturated carbocycles. The fourth-order valence-electron chi connectivity index (χ4n) is 3.40. The highest BCUT2D eigenvalue weighted by Gasteiger charge is 2.13. The highest BCUT2D eigenvalue weighted by atomic mass is 35.5. The Labute approximate surface area is 165 Å². The van der Waals surface area contributed by atoms with E-state index in [4.69, 9.17) is 11.6 Å². The van der Waals surface area contributed by atoms with Crippen LogP contribution in [0.4, 0.5) is 0 Å². The maximum Gasteiger partial charge on any atom is 0.0948 e. The van der Waals surface area contributed by atoms with Crippen LogP contribution in [0.15, 0.2) is 97.6 Å². The third-order valence-electron chi connectivity index (χ3n) is 4.86. The standard InChI is InChI=1S/C24H21ClN2/c25-23-12-8-20(9-13-23)17-24(27-15-14-26-18-27)16-19-6-10-22(11-7-19)21-4-2-1-3-5-21/h1-15,18,24H,16-17H2. The lowest BCUT2D eigenvalue weighted by atomic mass is 9.97. The topological polar surface area (TPSA) is 17.8 Å². The first-order valence-corrected chi connectivity index (χ1v) is 9.52. The smallest absolute Gasteiger partial charge is 0.0948 e. The molecule has 0 bridgehead atoms. The molecule has 0 saturated heterocycles. The molecule has 0 spiro atoms. The Kier molecular flexibility index (Phi) is 5.36. The number of aromatic nitrogens is 2. The SMILES string of the molecule is Clc1ccc(CC(Cc2ccc(-c3ccccc3)cc2)n2ccnc2)cc1. The number of imidazole rings is 1. The van der Waals surface area contributed by atoms with Crippen molar-refractivity contribution in [3.8, 4) is 11.1 Å². The summed E-state index contributed by atoms with van der Waals surface area (Å²) in [6, 6.07) is 27.8. The largest absolute Gasteiger partial charge is 0.334 e. The first-order valence-electron chi connectivity index (χ1n) is 9.14. The molecule has 1 unspecified atom stereocenters. The Morgan fingerprint density at radius 2 is 1.33 bits per heavy atom. The van der Waals surface area contributed by atoms with Crippen molar-refractivity contribution >= 4 is 11.6 Å². The normalized spacial score (nSPS) is 12.0. The zero-order valence-corrected chi connectivity index (χ0v) is 15.8. The van der Waals surface area contributed by atoms with E-state index < -0.39 is 0 Å². The Morgan fingerprint density at radius 3 is 1.93 bits per heavy atom. The molecule has 134 valence electrons.